The Balaban J connectivity index is 1.78. The molecule has 1 aromatic heterocycles. The van der Waals surface area contributed by atoms with E-state index in [0.29, 0.717) is 29.4 Å². The van der Waals surface area contributed by atoms with Gasteiger partial charge in [0, 0.05) is 31.1 Å². The molecule has 30 heavy (non-hydrogen) atoms. The maximum Gasteiger partial charge on any atom is 0.216 e. The highest BCUT2D eigenvalue weighted by molar-refractivity contribution is 9.10. The summed E-state index contributed by atoms with van der Waals surface area (Å²) in [5.41, 5.74) is 1.49. The summed E-state index contributed by atoms with van der Waals surface area (Å²) in [7, 11) is 1.58. The minimum absolute atomic E-state index is 0.0224. The molecule has 3 rings (SSSR count). The van der Waals surface area contributed by atoms with Crippen LogP contribution in [0, 0.1) is 0 Å². The predicted molar refractivity (Wildman–Crippen MR) is 119 cm³/mol. The Morgan fingerprint density at radius 1 is 1.17 bits per heavy atom. The van der Waals surface area contributed by atoms with Gasteiger partial charge in [0.25, 0.3) is 0 Å². The summed E-state index contributed by atoms with van der Waals surface area (Å²) in [5.74, 6) is 1.50. The number of carbonyl (C=O) groups is 2. The minimum atomic E-state index is -0.0911. The van der Waals surface area contributed by atoms with Gasteiger partial charge in [-0.05, 0) is 46.3 Å². The van der Waals surface area contributed by atoms with Crippen LogP contribution in [0.3, 0.4) is 0 Å². The second-order valence-corrected chi connectivity index (χ2v) is 8.16. The molecule has 0 spiro atoms. The average molecular weight is 489 g/mol. The summed E-state index contributed by atoms with van der Waals surface area (Å²) >= 11 is 4.74. The van der Waals surface area contributed by atoms with Gasteiger partial charge in [0.1, 0.15) is 11.6 Å². The molecule has 0 bridgehead atoms. The van der Waals surface area contributed by atoms with Gasteiger partial charge in [-0.25, -0.2) is 0 Å². The first kappa shape index (κ1) is 22.0. The second kappa shape index (κ2) is 10.4. The molecule has 156 valence electrons. The van der Waals surface area contributed by atoms with Gasteiger partial charge in [-0.15, -0.1) is 10.2 Å². The molecule has 7 nitrogen and oxygen atoms in total. The summed E-state index contributed by atoms with van der Waals surface area (Å²) in [6.07, 6.45) is 0.529. The van der Waals surface area contributed by atoms with Crippen LogP contribution in [-0.2, 0) is 11.2 Å². The van der Waals surface area contributed by atoms with Crippen LogP contribution in [0.4, 0.5) is 0 Å². The van der Waals surface area contributed by atoms with Gasteiger partial charge in [-0.3, -0.25) is 14.2 Å². The van der Waals surface area contributed by atoms with Crippen molar-refractivity contribution in [3.63, 3.8) is 0 Å². The first-order valence-electron chi connectivity index (χ1n) is 9.23. The molecule has 9 heteroatoms. The molecule has 0 aliphatic heterocycles. The maximum absolute atomic E-state index is 12.7. The Morgan fingerprint density at radius 2 is 1.93 bits per heavy atom. The van der Waals surface area contributed by atoms with Gasteiger partial charge in [-0.2, -0.15) is 0 Å². The number of nitrogens with zero attached hydrogens (tertiary/aromatic N) is 3. The van der Waals surface area contributed by atoms with Crippen LogP contribution >= 0.6 is 27.7 Å². The molecule has 1 N–H and O–H groups in total. The lowest BCUT2D eigenvalue weighted by Crippen LogP contribution is -2.23. The van der Waals surface area contributed by atoms with Crippen LogP contribution in [0.15, 0.2) is 58.2 Å². The summed E-state index contributed by atoms with van der Waals surface area (Å²) in [5, 5.41) is 12.0. The number of ketones is 1. The minimum Gasteiger partial charge on any atom is -0.496 e. The van der Waals surface area contributed by atoms with Crippen LogP contribution < -0.4 is 10.1 Å². The van der Waals surface area contributed by atoms with Crippen molar-refractivity contribution in [1.29, 1.82) is 0 Å². The Kier molecular flexibility index (Phi) is 7.64. The summed E-state index contributed by atoms with van der Waals surface area (Å²) in [6.45, 7) is 1.94. The second-order valence-electron chi connectivity index (χ2n) is 6.36. The number of hydrogen-bond donors (Lipinski definition) is 1. The molecular formula is C21H21BrN4O3S. The fourth-order valence-electron chi connectivity index (χ4n) is 2.80. The number of rotatable bonds is 9. The van der Waals surface area contributed by atoms with Crippen molar-refractivity contribution in [3.8, 4) is 11.4 Å². The highest BCUT2D eigenvalue weighted by atomic mass is 79.9. The molecule has 0 fully saturated rings. The zero-order chi connectivity index (χ0) is 21.5. The van der Waals surface area contributed by atoms with E-state index in [1.165, 1.54) is 18.7 Å². The van der Waals surface area contributed by atoms with Gasteiger partial charge in [-0.1, -0.05) is 30.0 Å². The van der Waals surface area contributed by atoms with E-state index in [9.17, 15) is 9.59 Å². The van der Waals surface area contributed by atoms with Crippen LogP contribution in [-0.4, -0.2) is 45.9 Å². The fraction of sp³-hybridized carbons (Fsp3) is 0.238. The third-order valence-corrected chi connectivity index (χ3v) is 5.79. The molecular weight excluding hydrogens is 468 g/mol. The van der Waals surface area contributed by atoms with Crippen molar-refractivity contribution in [1.82, 2.24) is 20.1 Å². The Bertz CT molecular complexity index is 1040. The van der Waals surface area contributed by atoms with Gasteiger partial charge in [0.15, 0.2) is 10.9 Å². The van der Waals surface area contributed by atoms with Gasteiger partial charge < -0.3 is 10.1 Å². The largest absolute Gasteiger partial charge is 0.496 e. The number of ether oxygens (including phenoxy) is 1. The lowest BCUT2D eigenvalue weighted by molar-refractivity contribution is -0.118. The first-order valence-corrected chi connectivity index (χ1v) is 11.0. The van der Waals surface area contributed by atoms with Crippen molar-refractivity contribution >= 4 is 39.4 Å². The molecule has 3 aromatic rings. The van der Waals surface area contributed by atoms with Crippen molar-refractivity contribution in [3.05, 3.63) is 64.4 Å². The number of hydrogen-bond acceptors (Lipinski definition) is 6. The van der Waals surface area contributed by atoms with E-state index in [-0.39, 0.29) is 17.4 Å². The van der Waals surface area contributed by atoms with E-state index < -0.39 is 0 Å². The van der Waals surface area contributed by atoms with Gasteiger partial charge in [0.2, 0.25) is 5.91 Å². The summed E-state index contributed by atoms with van der Waals surface area (Å²) in [6, 6.07) is 15.0. The van der Waals surface area contributed by atoms with E-state index in [4.69, 9.17) is 4.74 Å². The predicted octanol–water partition coefficient (Wildman–Crippen LogP) is 3.69. The zero-order valence-corrected chi connectivity index (χ0v) is 19.0. The monoisotopic (exact) mass is 488 g/mol. The number of thioether (sulfide) groups is 1. The zero-order valence-electron chi connectivity index (χ0n) is 16.6. The summed E-state index contributed by atoms with van der Waals surface area (Å²) < 4.78 is 7.86. The molecule has 0 radical (unpaired) electrons. The van der Waals surface area contributed by atoms with Crippen LogP contribution in [0.2, 0.25) is 0 Å². The maximum atomic E-state index is 12.7. The molecule has 2 aromatic carbocycles. The molecule has 1 heterocycles. The van der Waals surface area contributed by atoms with E-state index in [2.05, 4.69) is 31.4 Å². The van der Waals surface area contributed by atoms with Crippen molar-refractivity contribution < 1.29 is 14.3 Å². The highest BCUT2D eigenvalue weighted by Gasteiger charge is 2.17. The smallest absolute Gasteiger partial charge is 0.216 e. The number of para-hydroxylation sites is 1. The molecule has 0 saturated heterocycles. The molecule has 1 amide bonds. The van der Waals surface area contributed by atoms with Crippen molar-refractivity contribution in [2.45, 2.75) is 18.5 Å². The number of nitrogens with one attached hydrogen (secondary N) is 1. The van der Waals surface area contributed by atoms with Gasteiger partial charge >= 0.3 is 0 Å². The topological polar surface area (TPSA) is 86.1 Å². The Hall–Kier alpha value is -2.65. The third-order valence-electron chi connectivity index (χ3n) is 4.24. The van der Waals surface area contributed by atoms with Crippen LogP contribution in [0.1, 0.15) is 23.1 Å². The molecule has 0 saturated carbocycles. The number of amides is 1. The number of Topliss-reactive ketones (excluding diaryl/α,β-unsaturated/α-hetero) is 1. The number of benzene rings is 2. The number of methoxy groups -OCH3 is 1. The Labute approximate surface area is 187 Å². The SMILES string of the molecule is COc1ccc(C(=O)CSc2nnc(CCNC(C)=O)n2-c2ccccc2)cc1Br. The normalized spacial score (nSPS) is 10.6. The van der Waals surface area contributed by atoms with Crippen molar-refractivity contribution in [2.75, 3.05) is 19.4 Å². The van der Waals surface area contributed by atoms with Crippen LogP contribution in [0.5, 0.6) is 5.75 Å². The molecule has 0 aliphatic carbocycles. The van der Waals surface area contributed by atoms with E-state index in [0.717, 1.165) is 16.0 Å². The van der Waals surface area contributed by atoms with E-state index in [1.54, 1.807) is 25.3 Å². The van der Waals surface area contributed by atoms with Crippen molar-refractivity contribution in [2.24, 2.45) is 0 Å². The molecule has 0 aliphatic rings. The number of carbonyl (C=O) groups excluding carboxylic acids is 2. The third kappa shape index (κ3) is 5.48. The number of aromatic nitrogens is 3. The molecule has 0 unspecified atom stereocenters. The Morgan fingerprint density at radius 3 is 2.60 bits per heavy atom. The summed E-state index contributed by atoms with van der Waals surface area (Å²) in [4.78, 5) is 23.8. The van der Waals surface area contributed by atoms with E-state index >= 15 is 0 Å². The molecule has 0 atom stereocenters. The van der Waals surface area contributed by atoms with E-state index in [1.807, 2.05) is 34.9 Å². The number of halogens is 1. The van der Waals surface area contributed by atoms with Crippen LogP contribution in [0.25, 0.3) is 5.69 Å². The highest BCUT2D eigenvalue weighted by Crippen LogP contribution is 2.27. The van der Waals surface area contributed by atoms with Gasteiger partial charge in [0.05, 0.1) is 17.3 Å². The average Bonchev–Trinajstić information content (AvgIpc) is 3.15. The lowest BCUT2D eigenvalue weighted by atomic mass is 10.1. The fourth-order valence-corrected chi connectivity index (χ4v) is 4.20. The quantitative estimate of drug-likeness (QED) is 0.365. The standard InChI is InChI=1S/C21H21BrN4O3S/c1-14(27)23-11-10-20-24-25-21(26(20)16-6-4-3-5-7-16)30-13-18(28)15-8-9-19(29-2)17(22)12-15/h3-9,12H,10-11,13H2,1-2H3,(H,23,27). The lowest BCUT2D eigenvalue weighted by Gasteiger charge is -2.10. The first-order chi connectivity index (χ1) is 14.5.